The first-order valence-electron chi connectivity index (χ1n) is 7.40. The van der Waals surface area contributed by atoms with Gasteiger partial charge in [0.15, 0.2) is 5.78 Å². The SMILES string of the molecule is Cc1ccc(C(=O)CCC(=O)NNC(=O)c2ccc(Br)cc2)cc1. The van der Waals surface area contributed by atoms with Crippen LogP contribution in [-0.2, 0) is 4.79 Å². The van der Waals surface area contributed by atoms with E-state index in [4.69, 9.17) is 0 Å². The second kappa shape index (κ2) is 8.40. The lowest BCUT2D eigenvalue weighted by molar-refractivity contribution is -0.121. The largest absolute Gasteiger partial charge is 0.294 e. The van der Waals surface area contributed by atoms with E-state index in [1.807, 2.05) is 19.1 Å². The molecular formula is C18H17BrN2O3. The lowest BCUT2D eigenvalue weighted by Gasteiger charge is -2.07. The molecule has 0 fully saturated rings. The minimum absolute atomic E-state index is 0.00727. The zero-order chi connectivity index (χ0) is 17.5. The molecule has 2 aromatic carbocycles. The molecule has 2 rings (SSSR count). The number of Topliss-reactive ketones (excluding diaryl/α,β-unsaturated/α-hetero) is 1. The molecule has 124 valence electrons. The molecule has 5 nitrogen and oxygen atoms in total. The van der Waals surface area contributed by atoms with Crippen LogP contribution >= 0.6 is 15.9 Å². The van der Waals surface area contributed by atoms with Gasteiger partial charge in [-0.1, -0.05) is 45.8 Å². The Bertz CT molecular complexity index is 676. The number of nitrogens with one attached hydrogen (secondary N) is 2. The number of hydrazine groups is 1. The van der Waals surface area contributed by atoms with Gasteiger partial charge in [-0.2, -0.15) is 0 Å². The summed E-state index contributed by atoms with van der Waals surface area (Å²) in [5, 5.41) is 0. The van der Waals surface area contributed by atoms with Crippen molar-refractivity contribution < 1.29 is 14.4 Å². The Morgan fingerprint density at radius 3 is 2.04 bits per heavy atom. The highest BCUT2D eigenvalue weighted by Gasteiger charge is 2.11. The predicted molar refractivity (Wildman–Crippen MR) is 94.5 cm³/mol. The maximum atomic E-state index is 12.0. The van der Waals surface area contributed by atoms with Crippen LogP contribution in [0.2, 0.25) is 0 Å². The van der Waals surface area contributed by atoms with Crippen LogP contribution in [0.15, 0.2) is 53.0 Å². The van der Waals surface area contributed by atoms with E-state index in [2.05, 4.69) is 26.8 Å². The van der Waals surface area contributed by atoms with Crippen LogP contribution in [0, 0.1) is 6.92 Å². The fraction of sp³-hybridized carbons (Fsp3) is 0.167. The Kier molecular flexibility index (Phi) is 6.26. The molecule has 0 aromatic heterocycles. The van der Waals surface area contributed by atoms with E-state index in [-0.39, 0.29) is 18.6 Å². The minimum atomic E-state index is -0.416. The second-order valence-electron chi connectivity index (χ2n) is 5.30. The molecule has 0 aliphatic heterocycles. The van der Waals surface area contributed by atoms with Crippen molar-refractivity contribution in [3.63, 3.8) is 0 Å². The Balaban J connectivity index is 1.77. The molecule has 0 spiro atoms. The summed E-state index contributed by atoms with van der Waals surface area (Å²) in [6.07, 6.45) is 0.0936. The van der Waals surface area contributed by atoms with Crippen LogP contribution < -0.4 is 10.9 Å². The summed E-state index contributed by atoms with van der Waals surface area (Å²) < 4.78 is 0.859. The number of amides is 2. The summed E-state index contributed by atoms with van der Waals surface area (Å²) in [5.41, 5.74) is 6.70. The first-order valence-corrected chi connectivity index (χ1v) is 8.19. The van der Waals surface area contributed by atoms with Crippen molar-refractivity contribution in [3.8, 4) is 0 Å². The molecule has 2 amide bonds. The van der Waals surface area contributed by atoms with E-state index in [1.54, 1.807) is 36.4 Å². The summed E-state index contributed by atoms with van der Waals surface area (Å²) in [4.78, 5) is 35.6. The second-order valence-corrected chi connectivity index (χ2v) is 6.21. The molecule has 0 radical (unpaired) electrons. The standard InChI is InChI=1S/C18H17BrN2O3/c1-12-2-4-13(5-3-12)16(22)10-11-17(23)20-21-18(24)14-6-8-15(19)9-7-14/h2-9H,10-11H2,1H3,(H,20,23)(H,21,24). The van der Waals surface area contributed by atoms with Crippen molar-refractivity contribution in [1.29, 1.82) is 0 Å². The van der Waals surface area contributed by atoms with E-state index < -0.39 is 11.8 Å². The number of aryl methyl sites for hydroxylation is 1. The molecule has 0 saturated heterocycles. The van der Waals surface area contributed by atoms with Crippen LogP contribution in [-0.4, -0.2) is 17.6 Å². The monoisotopic (exact) mass is 388 g/mol. The van der Waals surface area contributed by atoms with Crippen LogP contribution in [0.1, 0.15) is 39.1 Å². The molecule has 0 atom stereocenters. The third-order valence-electron chi connectivity index (χ3n) is 3.37. The first kappa shape index (κ1) is 17.9. The van der Waals surface area contributed by atoms with Gasteiger partial charge in [0.25, 0.3) is 5.91 Å². The molecule has 0 bridgehead atoms. The normalized spacial score (nSPS) is 10.1. The van der Waals surface area contributed by atoms with Crippen LogP contribution in [0.25, 0.3) is 0 Å². The summed E-state index contributed by atoms with van der Waals surface area (Å²) >= 11 is 3.28. The molecule has 0 saturated carbocycles. The molecule has 2 aromatic rings. The smallest absolute Gasteiger partial charge is 0.269 e. The summed E-state index contributed by atoms with van der Waals surface area (Å²) in [6, 6.07) is 13.9. The Hall–Kier alpha value is -2.47. The molecule has 0 aliphatic carbocycles. The zero-order valence-electron chi connectivity index (χ0n) is 13.1. The number of hydrogen-bond donors (Lipinski definition) is 2. The third-order valence-corrected chi connectivity index (χ3v) is 3.90. The van der Waals surface area contributed by atoms with Crippen molar-refractivity contribution in [3.05, 3.63) is 69.7 Å². The summed E-state index contributed by atoms with van der Waals surface area (Å²) in [7, 11) is 0. The van der Waals surface area contributed by atoms with Crippen molar-refractivity contribution in [1.82, 2.24) is 10.9 Å². The molecule has 0 heterocycles. The molecule has 24 heavy (non-hydrogen) atoms. The van der Waals surface area contributed by atoms with Crippen molar-refractivity contribution in [2.45, 2.75) is 19.8 Å². The molecule has 0 aliphatic rings. The van der Waals surface area contributed by atoms with Crippen LogP contribution in [0.3, 0.4) is 0 Å². The van der Waals surface area contributed by atoms with Gasteiger partial charge in [0.2, 0.25) is 5.91 Å². The summed E-state index contributed by atoms with van der Waals surface area (Å²) in [6.45, 7) is 1.94. The van der Waals surface area contributed by atoms with E-state index in [0.717, 1.165) is 10.0 Å². The van der Waals surface area contributed by atoms with Gasteiger partial charge in [0.05, 0.1) is 0 Å². The third kappa shape index (κ3) is 5.31. The van der Waals surface area contributed by atoms with Gasteiger partial charge >= 0.3 is 0 Å². The number of carbonyl (C=O) groups excluding carboxylic acids is 3. The van der Waals surface area contributed by atoms with Gasteiger partial charge in [-0.25, -0.2) is 0 Å². The van der Waals surface area contributed by atoms with Gasteiger partial charge in [-0.3, -0.25) is 25.2 Å². The Morgan fingerprint density at radius 2 is 1.42 bits per heavy atom. The number of benzene rings is 2. The molecule has 2 N–H and O–H groups in total. The van der Waals surface area contributed by atoms with Gasteiger partial charge in [-0.15, -0.1) is 0 Å². The number of hydrogen-bond acceptors (Lipinski definition) is 3. The number of halogens is 1. The van der Waals surface area contributed by atoms with E-state index in [9.17, 15) is 14.4 Å². The van der Waals surface area contributed by atoms with Gasteiger partial charge < -0.3 is 0 Å². The Labute approximate surface area is 148 Å². The molecular weight excluding hydrogens is 372 g/mol. The van der Waals surface area contributed by atoms with Crippen LogP contribution in [0.4, 0.5) is 0 Å². The van der Waals surface area contributed by atoms with Gasteiger partial charge in [0.1, 0.15) is 0 Å². The average Bonchev–Trinajstić information content (AvgIpc) is 2.58. The number of ketones is 1. The van der Waals surface area contributed by atoms with Crippen molar-refractivity contribution in [2.24, 2.45) is 0 Å². The topological polar surface area (TPSA) is 75.3 Å². The first-order chi connectivity index (χ1) is 11.5. The van der Waals surface area contributed by atoms with E-state index in [0.29, 0.717) is 11.1 Å². The highest BCUT2D eigenvalue weighted by Crippen LogP contribution is 2.10. The lowest BCUT2D eigenvalue weighted by Crippen LogP contribution is -2.41. The fourth-order valence-corrected chi connectivity index (χ4v) is 2.24. The van der Waals surface area contributed by atoms with E-state index >= 15 is 0 Å². The highest BCUT2D eigenvalue weighted by atomic mass is 79.9. The van der Waals surface area contributed by atoms with Crippen molar-refractivity contribution >= 4 is 33.5 Å². The molecule has 0 unspecified atom stereocenters. The maximum Gasteiger partial charge on any atom is 0.269 e. The summed E-state index contributed by atoms with van der Waals surface area (Å²) in [5.74, 6) is -0.939. The lowest BCUT2D eigenvalue weighted by atomic mass is 10.1. The predicted octanol–water partition coefficient (Wildman–Crippen LogP) is 3.18. The van der Waals surface area contributed by atoms with Gasteiger partial charge in [-0.05, 0) is 31.2 Å². The maximum absolute atomic E-state index is 12.0. The minimum Gasteiger partial charge on any atom is -0.294 e. The van der Waals surface area contributed by atoms with E-state index in [1.165, 1.54) is 0 Å². The zero-order valence-corrected chi connectivity index (χ0v) is 14.7. The Morgan fingerprint density at radius 1 is 0.833 bits per heavy atom. The van der Waals surface area contributed by atoms with Crippen LogP contribution in [0.5, 0.6) is 0 Å². The molecule has 6 heteroatoms. The highest BCUT2D eigenvalue weighted by molar-refractivity contribution is 9.10. The van der Waals surface area contributed by atoms with Gasteiger partial charge in [0, 0.05) is 28.4 Å². The number of rotatable bonds is 5. The number of carbonyl (C=O) groups is 3. The average molecular weight is 389 g/mol. The van der Waals surface area contributed by atoms with Crippen molar-refractivity contribution in [2.75, 3.05) is 0 Å². The quantitative estimate of drug-likeness (QED) is 0.609. The fourth-order valence-electron chi connectivity index (χ4n) is 1.97.